The van der Waals surface area contributed by atoms with Gasteiger partial charge in [0.05, 0.1) is 35.6 Å². The molecular weight excluding hydrogens is 1680 g/mol. The lowest BCUT2D eigenvalue weighted by Gasteiger charge is -2.49. The lowest BCUT2D eigenvalue weighted by Crippen LogP contribution is -2.61. The summed E-state index contributed by atoms with van der Waals surface area (Å²) in [6.07, 6.45) is 0.357. The van der Waals surface area contributed by atoms with Crippen LogP contribution in [0.25, 0.3) is 0 Å². The molecule has 0 heterocycles. The molecule has 2 aromatic carbocycles. The molecule has 708 valence electrons. The van der Waals surface area contributed by atoms with Crippen LogP contribution in [0, 0.1) is 45.3 Å². The number of fused-ring (bicyclic) bond motifs is 2. The first kappa shape index (κ1) is 112. The number of Topliss-reactive ketones (excluding diaryl/α,β-unsaturated/α-hetero) is 1. The number of benzene rings is 2. The molecule has 0 aliphatic heterocycles. The average Bonchev–Trinajstić information content (AvgIpc) is 1.44. The number of carbonyl (C=O) groups excluding carboxylic acids is 1. The van der Waals surface area contributed by atoms with E-state index in [2.05, 4.69) is 113 Å². The van der Waals surface area contributed by atoms with Crippen LogP contribution in [-0.4, -0.2) is 137 Å². The Bertz CT molecular complexity index is 3780. The third kappa shape index (κ3) is 29.1. The summed E-state index contributed by atoms with van der Waals surface area (Å²) < 4.78 is 205. The van der Waals surface area contributed by atoms with Crippen LogP contribution in [-0.2, 0) is 27.1 Å². The molecule has 0 saturated heterocycles. The fourth-order valence-electron chi connectivity index (χ4n) is 20.5. The van der Waals surface area contributed by atoms with Gasteiger partial charge in [-0.3, -0.25) is 4.79 Å². The maximum atomic E-state index is 14.6. The van der Waals surface area contributed by atoms with Gasteiger partial charge >= 0.3 is 24.7 Å². The van der Waals surface area contributed by atoms with Crippen molar-refractivity contribution in [2.75, 3.05) is 6.16 Å². The van der Waals surface area contributed by atoms with Gasteiger partial charge in [-0.05, 0) is 290 Å². The summed E-state index contributed by atoms with van der Waals surface area (Å²) in [5, 5.41) is 42.2. The van der Waals surface area contributed by atoms with Crippen LogP contribution in [0.5, 0.6) is 0 Å². The Labute approximate surface area is 737 Å². The Morgan fingerprint density at radius 3 is 1.31 bits per heavy atom. The molecule has 0 aromatic heterocycles. The van der Waals surface area contributed by atoms with Crippen molar-refractivity contribution in [3.05, 3.63) is 120 Å². The smallest absolute Gasteiger partial charge is 0.414 e. The molecule has 10 nitrogen and oxygen atoms in total. The lowest BCUT2D eigenvalue weighted by molar-refractivity contribution is -0.347. The van der Waals surface area contributed by atoms with Gasteiger partial charge in [-0.1, -0.05) is 205 Å². The number of aliphatic hydroxyl groups is 4. The second kappa shape index (κ2) is 41.7. The van der Waals surface area contributed by atoms with E-state index in [-0.39, 0.29) is 102 Å². The summed E-state index contributed by atoms with van der Waals surface area (Å²) in [5.74, 6) is 0.336. The predicted molar refractivity (Wildman–Crippen MR) is 490 cm³/mol. The van der Waals surface area contributed by atoms with Gasteiger partial charge in [-0.15, -0.1) is 0 Å². The van der Waals surface area contributed by atoms with E-state index in [4.69, 9.17) is 17.7 Å². The van der Waals surface area contributed by atoms with Gasteiger partial charge in [0, 0.05) is 29.1 Å². The van der Waals surface area contributed by atoms with E-state index in [0.29, 0.717) is 63.9 Å². The minimum absolute atomic E-state index is 0. The summed E-state index contributed by atoms with van der Waals surface area (Å²) in [4.78, 5) is 12.8. The number of halogens is 12. The van der Waals surface area contributed by atoms with Gasteiger partial charge in [0.2, 0.25) is 0 Å². The van der Waals surface area contributed by atoms with Crippen LogP contribution in [0.15, 0.2) is 120 Å². The highest BCUT2D eigenvalue weighted by Gasteiger charge is 2.72. The van der Waals surface area contributed by atoms with E-state index >= 15 is 0 Å². The quantitative estimate of drug-likeness (QED) is 0.0268. The van der Waals surface area contributed by atoms with Crippen molar-refractivity contribution >= 4 is 56.8 Å². The van der Waals surface area contributed by atoms with Crippen molar-refractivity contribution in [3.8, 4) is 0 Å². The van der Waals surface area contributed by atoms with Gasteiger partial charge < -0.3 is 42.7 Å². The molecule has 27 heteroatoms. The molecule has 6 saturated carbocycles. The van der Waals surface area contributed by atoms with Crippen LogP contribution >= 0.6 is 7.14 Å². The number of hydrogen-bond acceptors (Lipinski definition) is 10. The molecule has 6 aliphatic carbocycles. The molecule has 123 heavy (non-hydrogen) atoms. The van der Waals surface area contributed by atoms with Crippen molar-refractivity contribution in [1.29, 1.82) is 0 Å². The van der Waals surface area contributed by atoms with E-state index in [1.165, 1.54) is 30.8 Å². The molecule has 0 spiro atoms. The molecule has 0 bridgehead atoms. The van der Waals surface area contributed by atoms with Gasteiger partial charge in [-0.2, -0.15) is 52.7 Å². The van der Waals surface area contributed by atoms with Crippen LogP contribution < -0.4 is 10.6 Å². The first-order valence-electron chi connectivity index (χ1n) is 44.2. The summed E-state index contributed by atoms with van der Waals surface area (Å²) >= 11 is 0. The predicted octanol–water partition coefficient (Wildman–Crippen LogP) is 28.1. The summed E-state index contributed by atoms with van der Waals surface area (Å²) in [5.41, 5.74) is -8.88. The SMILES string of the molecule is C.C.CC(C)(C)[Si](C)(C)O[C@@H]1CC(=CCP(=O)(c2ccccc2)c2ccccc2)C[C@@H](O[Si](C)(C)C(C)(C)C)C1.CC(C)(CCCC(C)(C/C=C/C(O[Si](C)(C)C)(C(F)(F)F)C(F)(F)F)C1CCC2C(=O)CCC[C@@]21C)O[Si](C)(C)C.CC(C)(O)CCCC(C)(C/C=C/C(O)(C(F)(F)F)C(F)(F)F)C1CCC2/C(=C/C=C3C[C@@H](O)C[C@H](O)C3)CCC[C@@]21C. The van der Waals surface area contributed by atoms with Crippen LogP contribution in [0.2, 0.25) is 75.5 Å². The van der Waals surface area contributed by atoms with Gasteiger partial charge in [0.1, 0.15) is 12.9 Å². The largest absolute Gasteiger partial charge is 0.429 e. The van der Waals surface area contributed by atoms with Crippen LogP contribution in [0.4, 0.5) is 52.7 Å². The monoisotopic (exact) mass is 1840 g/mol. The molecule has 6 aliphatic rings. The molecule has 6 unspecified atom stereocenters. The standard InChI is InChI=1S/C32H48F6O4.C32H51O3PSi2.C30H52F6O3Si2.2CH4/c1-27(2,41)13-6-14-28(3,15-7-17-30(42,31(33,34)35)32(36,37)38)26-12-11-25-22(8-5-16-29(25,26)4)10-9-21-18-23(39)20-24(40)19-21;1-31(2,3)37(7,8)34-27-23-26(24-28(25-27)35-38(9,10)32(4,5)6)21-22-36(33,29-17-13-11-14-18-29)30-19-15-12-16-20-30;1-25(2,38-40(5,6)7)17-12-18-26(3,24-16-15-22-23(37)14-11-20-27(22,24)4)19-13-21-28(29(31,32)33,30(34,35)36)39-41(8,9)10;;/h7,9-10,17,23-26,39-42H,5-6,8,11-16,18-20H2,1-4H3;11-21,27-28H,22-25H2,1-10H3;13,21-22,24H,11-12,14-20H2,1-10H3;2*1H4/b17-7+,22-10+;;21-13+;;/t23-,24-,25?,26?,28?,29+;27-,28-;22?,24?,26?,27-;;/m110../s1. The number of rotatable bonds is 29. The van der Waals surface area contributed by atoms with E-state index < -0.39 is 111 Å². The highest BCUT2D eigenvalue weighted by Crippen LogP contribution is 2.66. The zero-order chi connectivity index (χ0) is 92.1. The maximum absolute atomic E-state index is 14.6. The topological polar surface area (TPSA) is 152 Å². The molecule has 6 fully saturated rings. The van der Waals surface area contributed by atoms with Crippen molar-refractivity contribution < 1.29 is 100 Å². The van der Waals surface area contributed by atoms with Gasteiger partial charge in [0.25, 0.3) is 11.2 Å². The zero-order valence-electron chi connectivity index (χ0n) is 77.3. The van der Waals surface area contributed by atoms with Crippen molar-refractivity contribution in [2.24, 2.45) is 45.3 Å². The fraction of sp³-hybridized carbons (Fsp3) is 0.760. The Kier molecular flexibility index (Phi) is 38.0. The first-order valence-corrected chi connectivity index (χ1v) is 58.8. The first-order chi connectivity index (χ1) is 54.7. The van der Waals surface area contributed by atoms with Gasteiger partial charge in [0.15, 0.2) is 33.3 Å². The fourth-order valence-corrected chi connectivity index (χ4v) is 28.8. The highest BCUT2D eigenvalue weighted by atomic mass is 31.2. The summed E-state index contributed by atoms with van der Waals surface area (Å²) in [6.45, 7) is 49.1. The number of allylic oxidation sites excluding steroid dienone is 6. The zero-order valence-corrected chi connectivity index (χ0v) is 82.2. The summed E-state index contributed by atoms with van der Waals surface area (Å²) in [7, 11) is -11.8. The Morgan fingerprint density at radius 2 is 0.902 bits per heavy atom. The van der Waals surface area contributed by atoms with Crippen LogP contribution in [0.3, 0.4) is 0 Å². The van der Waals surface area contributed by atoms with E-state index in [1.54, 1.807) is 13.8 Å². The number of carbonyl (C=O) groups is 1. The van der Waals surface area contributed by atoms with E-state index in [0.717, 1.165) is 112 Å². The average molecular weight is 1840 g/mol. The molecule has 0 radical (unpaired) electrons. The van der Waals surface area contributed by atoms with E-state index in [1.807, 2.05) is 94.4 Å². The minimum Gasteiger partial charge on any atom is -0.414 e. The Hall–Kier alpha value is -3.25. The second-order valence-corrected chi connectivity index (χ2v) is 65.1. The third-order valence-electron chi connectivity index (χ3n) is 28.3. The highest BCUT2D eigenvalue weighted by molar-refractivity contribution is 7.78. The molecule has 2 aromatic rings. The van der Waals surface area contributed by atoms with Crippen molar-refractivity contribution in [2.45, 2.75) is 413 Å². The number of aliphatic hydroxyl groups excluding tert-OH is 2. The maximum Gasteiger partial charge on any atom is 0.429 e. The normalized spacial score (nSPS) is 26.1. The molecule has 4 N–H and O–H groups in total. The van der Waals surface area contributed by atoms with Gasteiger partial charge in [-0.25, -0.2) is 0 Å². The van der Waals surface area contributed by atoms with Crippen molar-refractivity contribution in [1.82, 2.24) is 0 Å². The Balaban J connectivity index is 0.000000385. The molecule has 0 amide bonds. The molecule has 12 atom stereocenters. The molecular formula is C96H159F12O10PSi4. The van der Waals surface area contributed by atoms with Crippen LogP contribution in [0.1, 0.15) is 266 Å². The second-order valence-electron chi connectivity index (χ2n) is 43.9. The number of ketones is 1. The molecule has 8 rings (SSSR count). The minimum atomic E-state index is -5.91. The van der Waals surface area contributed by atoms with E-state index in [9.17, 15) is 82.5 Å². The lowest BCUT2D eigenvalue weighted by atomic mass is 9.55. The summed E-state index contributed by atoms with van der Waals surface area (Å²) in [6, 6.07) is 20.0. The third-order valence-corrected chi connectivity index (χ3v) is 42.4. The Morgan fingerprint density at radius 1 is 0.496 bits per heavy atom. The number of alkyl halides is 12. The van der Waals surface area contributed by atoms with Crippen molar-refractivity contribution in [3.63, 3.8) is 0 Å². The number of hydrogen-bond donors (Lipinski definition) is 4.